The first-order valence-corrected chi connectivity index (χ1v) is 5.95. The second-order valence-corrected chi connectivity index (χ2v) is 5.14. The maximum atomic E-state index is 9.35. The fraction of sp³-hybridized carbons (Fsp3) is 0.500. The summed E-state index contributed by atoms with van der Waals surface area (Å²) in [4.78, 5) is 1.21. The maximum Gasteiger partial charge on any atom is 0.0761 e. The Balaban J connectivity index is 2.56. The lowest BCUT2D eigenvalue weighted by Gasteiger charge is -2.10. The van der Waals surface area contributed by atoms with Crippen LogP contribution in [-0.2, 0) is 4.74 Å². The largest absolute Gasteiger partial charge is 0.389 e. The number of benzene rings is 1. The van der Waals surface area contributed by atoms with Crippen molar-refractivity contribution in [2.45, 2.75) is 30.1 Å². The Morgan fingerprint density at radius 2 is 1.87 bits per heavy atom. The van der Waals surface area contributed by atoms with Crippen molar-refractivity contribution < 1.29 is 9.84 Å². The van der Waals surface area contributed by atoms with E-state index in [0.29, 0.717) is 5.25 Å². The van der Waals surface area contributed by atoms with Crippen LogP contribution in [0.15, 0.2) is 29.2 Å². The van der Waals surface area contributed by atoms with E-state index in [0.717, 1.165) is 12.2 Å². The van der Waals surface area contributed by atoms with Gasteiger partial charge >= 0.3 is 0 Å². The average molecular weight is 226 g/mol. The van der Waals surface area contributed by atoms with E-state index in [2.05, 4.69) is 6.92 Å². The SMILES string of the molecule is COCC(C)Sc1ccc(C(C)O)cc1. The van der Waals surface area contributed by atoms with Crippen molar-refractivity contribution in [3.8, 4) is 0 Å². The summed E-state index contributed by atoms with van der Waals surface area (Å²) < 4.78 is 5.08. The zero-order valence-electron chi connectivity index (χ0n) is 9.43. The second-order valence-electron chi connectivity index (χ2n) is 3.63. The summed E-state index contributed by atoms with van der Waals surface area (Å²) in [6.45, 7) is 4.66. The highest BCUT2D eigenvalue weighted by atomic mass is 32.2. The molecule has 1 aromatic rings. The van der Waals surface area contributed by atoms with Crippen LogP contribution in [0, 0.1) is 0 Å². The van der Waals surface area contributed by atoms with E-state index in [1.165, 1.54) is 4.90 Å². The van der Waals surface area contributed by atoms with Crippen LogP contribution in [0.5, 0.6) is 0 Å². The third-order valence-corrected chi connectivity index (χ3v) is 3.18. The van der Waals surface area contributed by atoms with Gasteiger partial charge in [-0.3, -0.25) is 0 Å². The molecule has 0 aliphatic rings. The number of hydrogen-bond acceptors (Lipinski definition) is 3. The number of hydrogen-bond donors (Lipinski definition) is 1. The molecule has 0 spiro atoms. The predicted molar refractivity (Wildman–Crippen MR) is 64.3 cm³/mol. The van der Waals surface area contributed by atoms with Crippen molar-refractivity contribution in [2.24, 2.45) is 0 Å². The van der Waals surface area contributed by atoms with E-state index in [-0.39, 0.29) is 6.10 Å². The Bertz CT molecular complexity index is 282. The fourth-order valence-electron chi connectivity index (χ4n) is 1.33. The lowest BCUT2D eigenvalue weighted by molar-refractivity contribution is 0.199. The van der Waals surface area contributed by atoms with Gasteiger partial charge in [0.05, 0.1) is 12.7 Å². The van der Waals surface area contributed by atoms with Crippen molar-refractivity contribution in [3.63, 3.8) is 0 Å². The summed E-state index contributed by atoms with van der Waals surface area (Å²) in [7, 11) is 1.72. The third kappa shape index (κ3) is 4.24. The lowest BCUT2D eigenvalue weighted by atomic mass is 10.1. The molecule has 3 heteroatoms. The molecule has 1 aromatic carbocycles. The van der Waals surface area contributed by atoms with E-state index in [4.69, 9.17) is 4.74 Å². The van der Waals surface area contributed by atoms with Gasteiger partial charge in [0.15, 0.2) is 0 Å². The van der Waals surface area contributed by atoms with Gasteiger partial charge < -0.3 is 9.84 Å². The number of ether oxygens (including phenoxy) is 1. The fourth-order valence-corrected chi connectivity index (χ4v) is 2.29. The van der Waals surface area contributed by atoms with E-state index >= 15 is 0 Å². The predicted octanol–water partition coefficient (Wildman–Crippen LogP) is 2.87. The van der Waals surface area contributed by atoms with Crippen LogP contribution >= 0.6 is 11.8 Å². The standard InChI is InChI=1S/C12H18O2S/c1-9(8-14-3)15-12-6-4-11(5-7-12)10(2)13/h4-7,9-10,13H,8H2,1-3H3. The highest BCUT2D eigenvalue weighted by molar-refractivity contribution is 8.00. The highest BCUT2D eigenvalue weighted by Crippen LogP contribution is 2.24. The van der Waals surface area contributed by atoms with Crippen LogP contribution < -0.4 is 0 Å². The summed E-state index contributed by atoms with van der Waals surface area (Å²) in [6.07, 6.45) is -0.388. The minimum atomic E-state index is -0.388. The Morgan fingerprint density at radius 1 is 1.27 bits per heavy atom. The quantitative estimate of drug-likeness (QED) is 0.783. The van der Waals surface area contributed by atoms with Crippen LogP contribution in [0.2, 0.25) is 0 Å². The molecule has 1 N–H and O–H groups in total. The van der Waals surface area contributed by atoms with Crippen molar-refractivity contribution in [1.82, 2.24) is 0 Å². The number of thioether (sulfide) groups is 1. The van der Waals surface area contributed by atoms with Crippen LogP contribution in [0.4, 0.5) is 0 Å². The molecule has 0 heterocycles. The van der Waals surface area contributed by atoms with Crippen LogP contribution in [0.25, 0.3) is 0 Å². The van der Waals surface area contributed by atoms with Gasteiger partial charge in [0, 0.05) is 17.3 Å². The summed E-state index contributed by atoms with van der Waals surface area (Å²) in [5, 5.41) is 9.81. The molecule has 0 radical (unpaired) electrons. The van der Waals surface area contributed by atoms with Gasteiger partial charge in [-0.25, -0.2) is 0 Å². The molecule has 0 saturated heterocycles. The van der Waals surface area contributed by atoms with Gasteiger partial charge in [0.2, 0.25) is 0 Å². The van der Waals surface area contributed by atoms with Gasteiger partial charge in [-0.1, -0.05) is 19.1 Å². The van der Waals surface area contributed by atoms with Gasteiger partial charge in [-0.05, 0) is 24.6 Å². The molecule has 0 aliphatic heterocycles. The Labute approximate surface area is 95.7 Å². The van der Waals surface area contributed by atoms with Gasteiger partial charge in [0.1, 0.15) is 0 Å². The molecule has 0 saturated carbocycles. The minimum absolute atomic E-state index is 0.388. The molecule has 0 aromatic heterocycles. The zero-order valence-corrected chi connectivity index (χ0v) is 10.3. The molecular weight excluding hydrogens is 208 g/mol. The molecule has 2 unspecified atom stereocenters. The molecule has 1 rings (SSSR count). The highest BCUT2D eigenvalue weighted by Gasteiger charge is 2.05. The smallest absolute Gasteiger partial charge is 0.0761 e. The normalized spacial score (nSPS) is 14.9. The molecule has 0 fully saturated rings. The Kier molecular flexibility index (Phi) is 5.15. The Hall–Kier alpha value is -0.510. The molecule has 2 atom stereocenters. The third-order valence-electron chi connectivity index (χ3n) is 2.10. The number of rotatable bonds is 5. The summed E-state index contributed by atoms with van der Waals surface area (Å²) in [5.41, 5.74) is 0.957. The summed E-state index contributed by atoms with van der Waals surface area (Å²) >= 11 is 1.78. The lowest BCUT2D eigenvalue weighted by Crippen LogP contribution is -2.04. The van der Waals surface area contributed by atoms with Crippen molar-refractivity contribution in [2.75, 3.05) is 13.7 Å². The van der Waals surface area contributed by atoms with Crippen LogP contribution in [0.1, 0.15) is 25.5 Å². The maximum absolute atomic E-state index is 9.35. The molecule has 15 heavy (non-hydrogen) atoms. The van der Waals surface area contributed by atoms with Crippen LogP contribution in [-0.4, -0.2) is 24.1 Å². The van der Waals surface area contributed by atoms with Crippen molar-refractivity contribution in [1.29, 1.82) is 0 Å². The number of aliphatic hydroxyl groups is 1. The molecule has 2 nitrogen and oxygen atoms in total. The molecule has 0 amide bonds. The molecule has 0 bridgehead atoms. The van der Waals surface area contributed by atoms with Crippen molar-refractivity contribution in [3.05, 3.63) is 29.8 Å². The molecule has 84 valence electrons. The van der Waals surface area contributed by atoms with E-state index in [9.17, 15) is 5.11 Å². The minimum Gasteiger partial charge on any atom is -0.389 e. The first kappa shape index (κ1) is 12.6. The molecule has 0 aliphatic carbocycles. The average Bonchev–Trinajstić information content (AvgIpc) is 2.18. The molecular formula is C12H18O2S. The summed E-state index contributed by atoms with van der Waals surface area (Å²) in [5.74, 6) is 0. The van der Waals surface area contributed by atoms with Gasteiger partial charge in [-0.15, -0.1) is 11.8 Å². The van der Waals surface area contributed by atoms with E-state index < -0.39 is 0 Å². The number of aliphatic hydroxyl groups excluding tert-OH is 1. The monoisotopic (exact) mass is 226 g/mol. The van der Waals surface area contributed by atoms with Crippen LogP contribution in [0.3, 0.4) is 0 Å². The van der Waals surface area contributed by atoms with E-state index in [1.54, 1.807) is 25.8 Å². The second kappa shape index (κ2) is 6.16. The summed E-state index contributed by atoms with van der Waals surface area (Å²) in [6, 6.07) is 8.01. The zero-order chi connectivity index (χ0) is 11.3. The Morgan fingerprint density at radius 3 is 2.33 bits per heavy atom. The van der Waals surface area contributed by atoms with Gasteiger partial charge in [0.25, 0.3) is 0 Å². The van der Waals surface area contributed by atoms with E-state index in [1.807, 2.05) is 24.3 Å². The first-order chi connectivity index (χ1) is 7.13. The number of methoxy groups -OCH3 is 1. The topological polar surface area (TPSA) is 29.5 Å². The van der Waals surface area contributed by atoms with Gasteiger partial charge in [-0.2, -0.15) is 0 Å². The first-order valence-electron chi connectivity index (χ1n) is 5.07. The van der Waals surface area contributed by atoms with Crippen molar-refractivity contribution >= 4 is 11.8 Å².